The van der Waals surface area contributed by atoms with Crippen molar-refractivity contribution in [2.75, 3.05) is 18.5 Å². The Balaban J connectivity index is 1.86. The first kappa shape index (κ1) is 17.7. The van der Waals surface area contributed by atoms with Gasteiger partial charge in [-0.05, 0) is 49.4 Å². The van der Waals surface area contributed by atoms with E-state index in [1.807, 2.05) is 6.92 Å². The van der Waals surface area contributed by atoms with Gasteiger partial charge in [-0.15, -0.1) is 0 Å². The summed E-state index contributed by atoms with van der Waals surface area (Å²) in [6, 6.07) is 10.2. The molecule has 0 aliphatic heterocycles. The fraction of sp³-hybridized carbons (Fsp3) is 0.176. The van der Waals surface area contributed by atoms with Crippen molar-refractivity contribution >= 4 is 29.2 Å². The van der Waals surface area contributed by atoms with Crippen molar-refractivity contribution in [1.29, 1.82) is 0 Å². The molecule has 24 heavy (non-hydrogen) atoms. The summed E-state index contributed by atoms with van der Waals surface area (Å²) in [6.07, 6.45) is 0. The summed E-state index contributed by atoms with van der Waals surface area (Å²) in [5.74, 6) is -1.21. The van der Waals surface area contributed by atoms with Crippen LogP contribution in [-0.2, 0) is 9.53 Å². The van der Waals surface area contributed by atoms with Gasteiger partial charge in [0.2, 0.25) is 0 Å². The van der Waals surface area contributed by atoms with E-state index in [0.29, 0.717) is 18.0 Å². The molecule has 0 unspecified atom stereocenters. The molecule has 7 heteroatoms. The van der Waals surface area contributed by atoms with Gasteiger partial charge in [-0.25, -0.2) is 9.18 Å². The van der Waals surface area contributed by atoms with E-state index < -0.39 is 24.3 Å². The Kier molecular flexibility index (Phi) is 6.14. The summed E-state index contributed by atoms with van der Waals surface area (Å²) in [5.41, 5.74) is 0.611. The Bertz CT molecular complexity index is 734. The standard InChI is InChI=1S/C17H15ClFNO4/c1-2-23-13-6-4-12(5-7-13)20-16(21)10-24-17(22)11-3-8-15(19)14(18)9-11/h3-9H,2,10H2,1H3,(H,20,21). The van der Waals surface area contributed by atoms with E-state index in [9.17, 15) is 14.0 Å². The number of rotatable bonds is 6. The van der Waals surface area contributed by atoms with Crippen LogP contribution in [0.2, 0.25) is 5.02 Å². The average molecular weight is 352 g/mol. The van der Waals surface area contributed by atoms with Crippen LogP contribution in [0, 0.1) is 5.82 Å². The number of anilines is 1. The van der Waals surface area contributed by atoms with Gasteiger partial charge < -0.3 is 14.8 Å². The number of hydrogen-bond acceptors (Lipinski definition) is 4. The van der Waals surface area contributed by atoms with E-state index in [-0.39, 0.29) is 10.6 Å². The van der Waals surface area contributed by atoms with Crippen LogP contribution in [0.1, 0.15) is 17.3 Å². The zero-order chi connectivity index (χ0) is 17.5. The van der Waals surface area contributed by atoms with Crippen molar-refractivity contribution in [3.05, 3.63) is 58.9 Å². The zero-order valence-electron chi connectivity index (χ0n) is 12.8. The quantitative estimate of drug-likeness (QED) is 0.806. The fourth-order valence-electron chi connectivity index (χ4n) is 1.84. The summed E-state index contributed by atoms with van der Waals surface area (Å²) in [5, 5.41) is 2.39. The Morgan fingerprint density at radius 3 is 2.50 bits per heavy atom. The summed E-state index contributed by atoms with van der Waals surface area (Å²) in [4.78, 5) is 23.6. The molecule has 0 radical (unpaired) electrons. The molecule has 2 rings (SSSR count). The Morgan fingerprint density at radius 2 is 1.88 bits per heavy atom. The molecule has 1 N–H and O–H groups in total. The third kappa shape index (κ3) is 4.96. The van der Waals surface area contributed by atoms with Crippen molar-refractivity contribution in [3.63, 3.8) is 0 Å². The van der Waals surface area contributed by atoms with Gasteiger partial charge in [-0.2, -0.15) is 0 Å². The first-order valence-corrected chi connectivity index (χ1v) is 7.52. The lowest BCUT2D eigenvalue weighted by molar-refractivity contribution is -0.119. The van der Waals surface area contributed by atoms with E-state index in [1.165, 1.54) is 6.07 Å². The molecule has 5 nitrogen and oxygen atoms in total. The maximum Gasteiger partial charge on any atom is 0.338 e. The van der Waals surface area contributed by atoms with Gasteiger partial charge in [0.05, 0.1) is 17.2 Å². The first-order chi connectivity index (χ1) is 11.5. The molecule has 0 saturated heterocycles. The summed E-state index contributed by atoms with van der Waals surface area (Å²) in [7, 11) is 0. The highest BCUT2D eigenvalue weighted by Gasteiger charge is 2.12. The van der Waals surface area contributed by atoms with Gasteiger partial charge in [0.25, 0.3) is 5.91 Å². The Morgan fingerprint density at radius 1 is 1.17 bits per heavy atom. The maximum atomic E-state index is 13.0. The molecule has 2 aromatic carbocycles. The van der Waals surface area contributed by atoms with Crippen LogP contribution < -0.4 is 10.1 Å². The largest absolute Gasteiger partial charge is 0.494 e. The van der Waals surface area contributed by atoms with Gasteiger partial charge in [-0.1, -0.05) is 11.6 Å². The Labute approximate surface area is 143 Å². The lowest BCUT2D eigenvalue weighted by Crippen LogP contribution is -2.20. The average Bonchev–Trinajstić information content (AvgIpc) is 2.57. The van der Waals surface area contributed by atoms with E-state index in [1.54, 1.807) is 24.3 Å². The molecule has 0 fully saturated rings. The van der Waals surface area contributed by atoms with Crippen LogP contribution in [-0.4, -0.2) is 25.1 Å². The second kappa shape index (κ2) is 8.31. The number of esters is 1. The molecule has 1 amide bonds. The van der Waals surface area contributed by atoms with Gasteiger partial charge in [0, 0.05) is 5.69 Å². The number of nitrogens with one attached hydrogen (secondary N) is 1. The highest BCUT2D eigenvalue weighted by atomic mass is 35.5. The molecule has 2 aromatic rings. The smallest absolute Gasteiger partial charge is 0.338 e. The van der Waals surface area contributed by atoms with Crippen LogP contribution in [0.5, 0.6) is 5.75 Å². The van der Waals surface area contributed by atoms with Crippen molar-refractivity contribution < 1.29 is 23.5 Å². The maximum absolute atomic E-state index is 13.0. The van der Waals surface area contributed by atoms with Crippen LogP contribution in [0.25, 0.3) is 0 Å². The summed E-state index contributed by atoms with van der Waals surface area (Å²) < 4.78 is 23.2. The number of ether oxygens (including phenoxy) is 2. The molecular weight excluding hydrogens is 337 g/mol. The number of hydrogen-bond donors (Lipinski definition) is 1. The molecular formula is C17H15ClFNO4. The SMILES string of the molecule is CCOc1ccc(NC(=O)COC(=O)c2ccc(F)c(Cl)c2)cc1. The molecule has 0 atom stereocenters. The van der Waals surface area contributed by atoms with Gasteiger partial charge >= 0.3 is 5.97 Å². The normalized spacial score (nSPS) is 10.1. The topological polar surface area (TPSA) is 64.6 Å². The van der Waals surface area contributed by atoms with Gasteiger partial charge in [-0.3, -0.25) is 4.79 Å². The molecule has 126 valence electrons. The lowest BCUT2D eigenvalue weighted by atomic mass is 10.2. The predicted octanol–water partition coefficient (Wildman–Crippen LogP) is 3.67. The van der Waals surface area contributed by atoms with Crippen molar-refractivity contribution in [2.45, 2.75) is 6.92 Å². The van der Waals surface area contributed by atoms with Crippen LogP contribution in [0.4, 0.5) is 10.1 Å². The molecule has 0 saturated carbocycles. The third-order valence-corrected chi connectivity index (χ3v) is 3.23. The number of benzene rings is 2. The summed E-state index contributed by atoms with van der Waals surface area (Å²) >= 11 is 5.59. The lowest BCUT2D eigenvalue weighted by Gasteiger charge is -2.08. The molecule has 0 aliphatic carbocycles. The van der Waals surface area contributed by atoms with E-state index >= 15 is 0 Å². The predicted molar refractivity (Wildman–Crippen MR) is 87.9 cm³/mol. The molecule has 0 aromatic heterocycles. The van der Waals surface area contributed by atoms with Gasteiger partial charge in [0.15, 0.2) is 6.61 Å². The second-order valence-corrected chi connectivity index (χ2v) is 5.12. The minimum atomic E-state index is -0.765. The van der Waals surface area contributed by atoms with Crippen molar-refractivity contribution in [1.82, 2.24) is 0 Å². The number of carbonyl (C=O) groups excluding carboxylic acids is 2. The van der Waals surface area contributed by atoms with Crippen LogP contribution in [0.15, 0.2) is 42.5 Å². The zero-order valence-corrected chi connectivity index (χ0v) is 13.6. The number of carbonyl (C=O) groups is 2. The van der Waals surface area contributed by atoms with E-state index in [2.05, 4.69) is 5.32 Å². The fourth-order valence-corrected chi connectivity index (χ4v) is 2.02. The van der Waals surface area contributed by atoms with Crippen LogP contribution in [0.3, 0.4) is 0 Å². The highest BCUT2D eigenvalue weighted by Crippen LogP contribution is 2.17. The first-order valence-electron chi connectivity index (χ1n) is 7.14. The third-order valence-electron chi connectivity index (χ3n) is 2.94. The highest BCUT2D eigenvalue weighted by molar-refractivity contribution is 6.31. The molecule has 0 spiro atoms. The van der Waals surface area contributed by atoms with E-state index in [4.69, 9.17) is 21.1 Å². The minimum absolute atomic E-state index is 0.0651. The number of amides is 1. The van der Waals surface area contributed by atoms with Crippen molar-refractivity contribution in [2.24, 2.45) is 0 Å². The number of halogens is 2. The minimum Gasteiger partial charge on any atom is -0.494 e. The second-order valence-electron chi connectivity index (χ2n) is 4.71. The molecule has 0 heterocycles. The monoisotopic (exact) mass is 351 g/mol. The molecule has 0 aliphatic rings. The van der Waals surface area contributed by atoms with E-state index in [0.717, 1.165) is 12.1 Å². The Hall–Kier alpha value is -2.60. The van der Waals surface area contributed by atoms with Crippen LogP contribution >= 0.6 is 11.6 Å². The van der Waals surface area contributed by atoms with Crippen molar-refractivity contribution in [3.8, 4) is 5.75 Å². The van der Waals surface area contributed by atoms with Gasteiger partial charge in [0.1, 0.15) is 11.6 Å². The summed E-state index contributed by atoms with van der Waals surface area (Å²) in [6.45, 7) is 1.95. The molecule has 0 bridgehead atoms.